The number of methoxy groups -OCH3 is 1. The summed E-state index contributed by atoms with van der Waals surface area (Å²) in [5, 5.41) is 11.4. The van der Waals surface area contributed by atoms with E-state index in [4.69, 9.17) is 9.47 Å². The second-order valence-electron chi connectivity index (χ2n) is 6.62. The predicted molar refractivity (Wildman–Crippen MR) is 107 cm³/mol. The molecular formula is C22H21NO6. The van der Waals surface area contributed by atoms with Crippen LogP contribution in [0, 0.1) is 10.1 Å². The van der Waals surface area contributed by atoms with E-state index in [1.54, 1.807) is 31.4 Å². The van der Waals surface area contributed by atoms with Crippen LogP contribution in [0.2, 0.25) is 0 Å². The first-order valence-corrected chi connectivity index (χ1v) is 9.05. The molecule has 0 amide bonds. The molecule has 0 saturated heterocycles. The van der Waals surface area contributed by atoms with E-state index in [0.29, 0.717) is 5.56 Å². The zero-order valence-electron chi connectivity index (χ0n) is 16.2. The summed E-state index contributed by atoms with van der Waals surface area (Å²) in [6, 6.07) is 18.6. The summed E-state index contributed by atoms with van der Waals surface area (Å²) in [4.78, 5) is 27.0. The average molecular weight is 395 g/mol. The molecule has 0 aromatic heterocycles. The minimum absolute atomic E-state index is 0.114. The van der Waals surface area contributed by atoms with Gasteiger partial charge in [-0.3, -0.25) is 4.79 Å². The topological polar surface area (TPSA) is 87.9 Å². The number of hydrogen-bond acceptors (Lipinski definition) is 6. The third kappa shape index (κ3) is 5.22. The highest BCUT2D eigenvalue weighted by Gasteiger charge is 2.17. The van der Waals surface area contributed by atoms with E-state index in [1.165, 1.54) is 0 Å². The maximum atomic E-state index is 12.5. The number of rotatable bonds is 8. The molecule has 29 heavy (non-hydrogen) atoms. The van der Waals surface area contributed by atoms with E-state index >= 15 is 0 Å². The highest BCUT2D eigenvalue weighted by molar-refractivity contribution is 5.86. The van der Waals surface area contributed by atoms with E-state index in [2.05, 4.69) is 4.84 Å². The molecule has 0 radical (unpaired) electrons. The lowest BCUT2D eigenvalue weighted by molar-refractivity contribution is -0.763. The summed E-state index contributed by atoms with van der Waals surface area (Å²) in [6.45, 7) is 1.82. The zero-order chi connectivity index (χ0) is 20.8. The lowest BCUT2D eigenvalue weighted by Gasteiger charge is -2.13. The Morgan fingerprint density at radius 2 is 1.62 bits per heavy atom. The first-order chi connectivity index (χ1) is 14.0. The molecule has 0 bridgehead atoms. The van der Waals surface area contributed by atoms with Gasteiger partial charge in [-0.1, -0.05) is 48.5 Å². The SMILES string of the molecule is COc1ccc2ccc(C(C)C(=O)OCc3ccc(CO[N+](=O)[O-])cc3)cc2c1. The molecule has 0 spiro atoms. The van der Waals surface area contributed by atoms with Gasteiger partial charge in [0.2, 0.25) is 0 Å². The molecule has 0 fully saturated rings. The van der Waals surface area contributed by atoms with Gasteiger partial charge in [-0.2, -0.15) is 0 Å². The van der Waals surface area contributed by atoms with Crippen molar-refractivity contribution in [1.29, 1.82) is 0 Å². The van der Waals surface area contributed by atoms with Gasteiger partial charge in [0.1, 0.15) is 19.0 Å². The highest BCUT2D eigenvalue weighted by atomic mass is 16.9. The smallest absolute Gasteiger partial charge is 0.313 e. The van der Waals surface area contributed by atoms with Gasteiger partial charge in [-0.05, 0) is 46.5 Å². The summed E-state index contributed by atoms with van der Waals surface area (Å²) >= 11 is 0. The van der Waals surface area contributed by atoms with Crippen LogP contribution in [0.1, 0.15) is 29.5 Å². The molecule has 3 rings (SSSR count). The monoisotopic (exact) mass is 395 g/mol. The molecule has 0 heterocycles. The summed E-state index contributed by atoms with van der Waals surface area (Å²) in [6.07, 6.45) is 0. The Morgan fingerprint density at radius 3 is 2.28 bits per heavy atom. The molecule has 0 aliphatic heterocycles. The van der Waals surface area contributed by atoms with Gasteiger partial charge in [-0.25, -0.2) is 0 Å². The van der Waals surface area contributed by atoms with E-state index in [0.717, 1.165) is 27.6 Å². The number of ether oxygens (including phenoxy) is 2. The van der Waals surface area contributed by atoms with Crippen molar-refractivity contribution in [3.63, 3.8) is 0 Å². The van der Waals surface area contributed by atoms with Gasteiger partial charge >= 0.3 is 5.97 Å². The fraction of sp³-hybridized carbons (Fsp3) is 0.227. The number of benzene rings is 3. The first-order valence-electron chi connectivity index (χ1n) is 9.05. The van der Waals surface area contributed by atoms with Crippen molar-refractivity contribution >= 4 is 16.7 Å². The van der Waals surface area contributed by atoms with Gasteiger partial charge in [0.15, 0.2) is 0 Å². The van der Waals surface area contributed by atoms with Crippen molar-refractivity contribution in [3.8, 4) is 5.75 Å². The normalized spacial score (nSPS) is 11.7. The van der Waals surface area contributed by atoms with Gasteiger partial charge < -0.3 is 14.3 Å². The van der Waals surface area contributed by atoms with Gasteiger partial charge in [0.05, 0.1) is 13.0 Å². The molecule has 1 unspecified atom stereocenters. The van der Waals surface area contributed by atoms with Crippen molar-refractivity contribution in [2.45, 2.75) is 26.1 Å². The summed E-state index contributed by atoms with van der Waals surface area (Å²) in [7, 11) is 1.62. The quantitative estimate of drug-likeness (QED) is 0.319. The minimum atomic E-state index is -0.833. The van der Waals surface area contributed by atoms with Crippen molar-refractivity contribution in [2.24, 2.45) is 0 Å². The van der Waals surface area contributed by atoms with Crippen molar-refractivity contribution in [3.05, 3.63) is 87.5 Å². The van der Waals surface area contributed by atoms with Crippen LogP contribution in [0.15, 0.2) is 60.7 Å². The second-order valence-corrected chi connectivity index (χ2v) is 6.62. The number of hydrogen-bond donors (Lipinski definition) is 0. The van der Waals surface area contributed by atoms with Crippen LogP contribution in [0.4, 0.5) is 0 Å². The Hall–Kier alpha value is -3.61. The fourth-order valence-corrected chi connectivity index (χ4v) is 2.91. The molecule has 3 aromatic carbocycles. The Kier molecular flexibility index (Phi) is 6.29. The van der Waals surface area contributed by atoms with Crippen LogP contribution < -0.4 is 4.74 Å². The van der Waals surface area contributed by atoms with Crippen LogP contribution in [-0.2, 0) is 27.6 Å². The Morgan fingerprint density at radius 1 is 0.966 bits per heavy atom. The fourth-order valence-electron chi connectivity index (χ4n) is 2.91. The third-order valence-electron chi connectivity index (χ3n) is 4.67. The summed E-state index contributed by atoms with van der Waals surface area (Å²) in [5.74, 6) is 0.0170. The Bertz CT molecular complexity index is 1020. The number of carbonyl (C=O) groups excluding carboxylic acids is 1. The van der Waals surface area contributed by atoms with Crippen LogP contribution in [0.25, 0.3) is 10.8 Å². The van der Waals surface area contributed by atoms with Crippen LogP contribution >= 0.6 is 0 Å². The molecule has 7 heteroatoms. The van der Waals surface area contributed by atoms with E-state index < -0.39 is 11.0 Å². The van der Waals surface area contributed by atoms with E-state index in [-0.39, 0.29) is 19.2 Å². The van der Waals surface area contributed by atoms with Crippen LogP contribution in [0.3, 0.4) is 0 Å². The molecular weight excluding hydrogens is 374 g/mol. The maximum Gasteiger partial charge on any atom is 0.313 e. The lowest BCUT2D eigenvalue weighted by atomic mass is 9.98. The lowest BCUT2D eigenvalue weighted by Crippen LogP contribution is -2.13. The molecule has 1 atom stereocenters. The first kappa shape index (κ1) is 20.1. The number of esters is 1. The molecule has 0 N–H and O–H groups in total. The van der Waals surface area contributed by atoms with Gasteiger partial charge in [-0.15, -0.1) is 10.1 Å². The van der Waals surface area contributed by atoms with Crippen LogP contribution in [0.5, 0.6) is 5.75 Å². The summed E-state index contributed by atoms with van der Waals surface area (Å²) < 4.78 is 10.7. The Balaban J connectivity index is 1.61. The molecule has 0 saturated carbocycles. The molecule has 3 aromatic rings. The highest BCUT2D eigenvalue weighted by Crippen LogP contribution is 2.26. The Labute approximate surface area is 167 Å². The number of nitrogens with zero attached hydrogens (tertiary/aromatic N) is 1. The van der Waals surface area contributed by atoms with E-state index in [9.17, 15) is 14.9 Å². The summed E-state index contributed by atoms with van der Waals surface area (Å²) in [5.41, 5.74) is 2.32. The molecule has 7 nitrogen and oxygen atoms in total. The second kappa shape index (κ2) is 9.05. The number of fused-ring (bicyclic) bond motifs is 1. The minimum Gasteiger partial charge on any atom is -0.497 e. The number of carbonyl (C=O) groups is 1. The predicted octanol–water partition coefficient (Wildman–Crippen LogP) is 4.40. The molecule has 0 aliphatic rings. The third-order valence-corrected chi connectivity index (χ3v) is 4.67. The zero-order valence-corrected chi connectivity index (χ0v) is 16.2. The van der Waals surface area contributed by atoms with Gasteiger partial charge in [0.25, 0.3) is 5.09 Å². The van der Waals surface area contributed by atoms with Crippen LogP contribution in [-0.4, -0.2) is 18.2 Å². The van der Waals surface area contributed by atoms with Crippen molar-refractivity contribution in [1.82, 2.24) is 0 Å². The van der Waals surface area contributed by atoms with Crippen molar-refractivity contribution < 1.29 is 24.2 Å². The largest absolute Gasteiger partial charge is 0.497 e. The maximum absolute atomic E-state index is 12.5. The molecule has 150 valence electrons. The standard InChI is InChI=1S/C22H21NO6/c1-15(19-8-7-18-9-10-21(27-2)12-20(18)11-19)22(24)28-13-16-3-5-17(6-4-16)14-29-23(25)26/h3-12,15H,13-14H2,1-2H3. The van der Waals surface area contributed by atoms with Crippen molar-refractivity contribution in [2.75, 3.05) is 7.11 Å². The van der Waals surface area contributed by atoms with E-state index in [1.807, 2.05) is 43.3 Å². The molecule has 0 aliphatic carbocycles. The average Bonchev–Trinajstić information content (AvgIpc) is 2.75. The van der Waals surface area contributed by atoms with Gasteiger partial charge in [0, 0.05) is 0 Å².